The van der Waals surface area contributed by atoms with Gasteiger partial charge >= 0.3 is 0 Å². The van der Waals surface area contributed by atoms with E-state index >= 15 is 0 Å². The van der Waals surface area contributed by atoms with Gasteiger partial charge < -0.3 is 10.6 Å². The maximum atomic E-state index is 11.9. The number of hydrogen-bond acceptors (Lipinski definition) is 5. The maximum Gasteiger partial charge on any atom is 0.239 e. The van der Waals surface area contributed by atoms with Crippen LogP contribution in [0, 0.1) is 11.3 Å². The van der Waals surface area contributed by atoms with Gasteiger partial charge in [-0.3, -0.25) is 4.79 Å². The normalized spacial score (nSPS) is 23.2. The molecule has 2 N–H and O–H groups in total. The highest BCUT2D eigenvalue weighted by molar-refractivity contribution is 7.91. The van der Waals surface area contributed by atoms with Crippen molar-refractivity contribution in [2.24, 2.45) is 0 Å². The zero-order valence-corrected chi connectivity index (χ0v) is 12.5. The fraction of sp³-hybridized carbons (Fsp3) is 0.429. The molecule has 1 atom stereocenters. The number of anilines is 1. The number of benzene rings is 1. The number of sulfone groups is 1. The van der Waals surface area contributed by atoms with E-state index in [1.807, 2.05) is 6.07 Å². The molecule has 7 heteroatoms. The van der Waals surface area contributed by atoms with Gasteiger partial charge in [0.05, 0.1) is 35.2 Å². The molecular weight excluding hydrogens is 290 g/mol. The zero-order chi connectivity index (χ0) is 15.5. The molecule has 0 radical (unpaired) electrons. The minimum atomic E-state index is -3.04. The van der Waals surface area contributed by atoms with Crippen LogP contribution in [0.15, 0.2) is 24.3 Å². The lowest BCUT2D eigenvalue weighted by Gasteiger charge is -2.24. The summed E-state index contributed by atoms with van der Waals surface area (Å²) < 4.78 is 22.9. The van der Waals surface area contributed by atoms with Crippen LogP contribution in [0.2, 0.25) is 0 Å². The SMILES string of the molecule is CC1(NC(=O)CNc2ccc(C#N)cc2)CCS(=O)(=O)C1. The van der Waals surface area contributed by atoms with E-state index in [4.69, 9.17) is 5.26 Å². The van der Waals surface area contributed by atoms with Crippen LogP contribution in [-0.2, 0) is 14.6 Å². The van der Waals surface area contributed by atoms with Crippen molar-refractivity contribution < 1.29 is 13.2 Å². The van der Waals surface area contributed by atoms with E-state index in [1.54, 1.807) is 31.2 Å². The van der Waals surface area contributed by atoms with Gasteiger partial charge in [0, 0.05) is 5.69 Å². The first-order valence-electron chi connectivity index (χ1n) is 6.57. The van der Waals surface area contributed by atoms with Crippen molar-refractivity contribution in [1.29, 1.82) is 5.26 Å². The summed E-state index contributed by atoms with van der Waals surface area (Å²) in [6, 6.07) is 8.76. The second kappa shape index (κ2) is 5.74. The molecule has 0 bridgehead atoms. The summed E-state index contributed by atoms with van der Waals surface area (Å²) in [5.41, 5.74) is 0.601. The smallest absolute Gasteiger partial charge is 0.239 e. The van der Waals surface area contributed by atoms with Crippen LogP contribution in [0.1, 0.15) is 18.9 Å². The van der Waals surface area contributed by atoms with Crippen molar-refractivity contribution in [2.45, 2.75) is 18.9 Å². The molecule has 0 aromatic heterocycles. The largest absolute Gasteiger partial charge is 0.376 e. The van der Waals surface area contributed by atoms with Crippen LogP contribution in [0.25, 0.3) is 0 Å². The van der Waals surface area contributed by atoms with E-state index in [-0.39, 0.29) is 24.0 Å². The molecule has 1 amide bonds. The number of nitrogens with zero attached hydrogens (tertiary/aromatic N) is 1. The van der Waals surface area contributed by atoms with Crippen molar-refractivity contribution in [1.82, 2.24) is 5.32 Å². The van der Waals surface area contributed by atoms with Crippen molar-refractivity contribution in [2.75, 3.05) is 23.4 Å². The van der Waals surface area contributed by atoms with Crippen molar-refractivity contribution in [3.63, 3.8) is 0 Å². The number of nitriles is 1. The van der Waals surface area contributed by atoms with E-state index in [0.717, 1.165) is 5.69 Å². The van der Waals surface area contributed by atoms with Crippen LogP contribution < -0.4 is 10.6 Å². The second-order valence-corrected chi connectivity index (χ2v) is 7.68. The first kappa shape index (κ1) is 15.3. The molecule has 1 aliphatic rings. The molecule has 1 fully saturated rings. The molecule has 112 valence electrons. The third-order valence-electron chi connectivity index (χ3n) is 3.41. The molecule has 1 aromatic rings. The van der Waals surface area contributed by atoms with Gasteiger partial charge in [-0.05, 0) is 37.6 Å². The first-order valence-corrected chi connectivity index (χ1v) is 8.40. The fourth-order valence-corrected chi connectivity index (χ4v) is 4.43. The average Bonchev–Trinajstić information content (AvgIpc) is 2.70. The van der Waals surface area contributed by atoms with Gasteiger partial charge in [-0.2, -0.15) is 5.26 Å². The Labute approximate surface area is 124 Å². The van der Waals surface area contributed by atoms with Crippen LogP contribution in [-0.4, -0.2) is 37.9 Å². The van der Waals surface area contributed by atoms with Gasteiger partial charge in [-0.25, -0.2) is 8.42 Å². The molecular formula is C14H17N3O3S. The minimum absolute atomic E-state index is 0.0113. The van der Waals surface area contributed by atoms with Crippen LogP contribution in [0.5, 0.6) is 0 Å². The zero-order valence-electron chi connectivity index (χ0n) is 11.7. The summed E-state index contributed by atoms with van der Waals surface area (Å²) in [6.07, 6.45) is 0.442. The van der Waals surface area contributed by atoms with Gasteiger partial charge in [-0.15, -0.1) is 0 Å². The van der Waals surface area contributed by atoms with Crippen LogP contribution in [0.3, 0.4) is 0 Å². The Morgan fingerprint density at radius 1 is 1.38 bits per heavy atom. The summed E-state index contributed by atoms with van der Waals surface area (Å²) in [6.45, 7) is 1.80. The molecule has 0 aliphatic carbocycles. The van der Waals surface area contributed by atoms with Gasteiger partial charge in [-0.1, -0.05) is 0 Å². The summed E-state index contributed by atoms with van der Waals surface area (Å²) in [4.78, 5) is 11.9. The Kier molecular flexibility index (Phi) is 4.19. The van der Waals surface area contributed by atoms with Crippen molar-refractivity contribution in [3.8, 4) is 6.07 Å². The van der Waals surface area contributed by atoms with Gasteiger partial charge in [0.15, 0.2) is 9.84 Å². The highest BCUT2D eigenvalue weighted by Crippen LogP contribution is 2.22. The van der Waals surface area contributed by atoms with Crippen molar-refractivity contribution >= 4 is 21.4 Å². The highest BCUT2D eigenvalue weighted by Gasteiger charge is 2.39. The lowest BCUT2D eigenvalue weighted by Crippen LogP contribution is -2.48. The molecule has 6 nitrogen and oxygen atoms in total. The quantitative estimate of drug-likeness (QED) is 0.851. The van der Waals surface area contributed by atoms with E-state index in [9.17, 15) is 13.2 Å². The fourth-order valence-electron chi connectivity index (χ4n) is 2.33. The number of carbonyl (C=O) groups excluding carboxylic acids is 1. The van der Waals surface area contributed by atoms with Crippen LogP contribution >= 0.6 is 0 Å². The lowest BCUT2D eigenvalue weighted by molar-refractivity contribution is -0.120. The van der Waals surface area contributed by atoms with E-state index in [1.165, 1.54) is 0 Å². The van der Waals surface area contributed by atoms with Gasteiger partial charge in [0.25, 0.3) is 0 Å². The number of hydrogen-bond donors (Lipinski definition) is 2. The third kappa shape index (κ3) is 4.20. The summed E-state index contributed by atoms with van der Waals surface area (Å²) in [5, 5.41) is 14.4. The van der Waals surface area contributed by atoms with E-state index < -0.39 is 15.4 Å². The summed E-state index contributed by atoms with van der Waals surface area (Å²) in [7, 11) is -3.04. The molecule has 1 unspecified atom stereocenters. The number of rotatable bonds is 4. The number of amides is 1. The maximum absolute atomic E-state index is 11.9. The Balaban J connectivity index is 1.86. The number of carbonyl (C=O) groups is 1. The molecule has 21 heavy (non-hydrogen) atoms. The average molecular weight is 307 g/mol. The Morgan fingerprint density at radius 3 is 2.57 bits per heavy atom. The standard InChI is InChI=1S/C14H17N3O3S/c1-14(6-7-21(19,20)10-14)17-13(18)9-16-12-4-2-11(8-15)3-5-12/h2-5,16H,6-7,9-10H2,1H3,(H,17,18). The third-order valence-corrected chi connectivity index (χ3v) is 5.31. The molecule has 1 aliphatic heterocycles. The van der Waals surface area contributed by atoms with Crippen molar-refractivity contribution in [3.05, 3.63) is 29.8 Å². The molecule has 0 spiro atoms. The summed E-state index contributed by atoms with van der Waals surface area (Å²) in [5.74, 6) is -0.144. The van der Waals surface area contributed by atoms with E-state index in [0.29, 0.717) is 12.0 Å². The first-order chi connectivity index (χ1) is 9.82. The Morgan fingerprint density at radius 2 is 2.05 bits per heavy atom. The Hall–Kier alpha value is -2.07. The summed E-state index contributed by atoms with van der Waals surface area (Å²) >= 11 is 0. The van der Waals surface area contributed by atoms with Crippen LogP contribution in [0.4, 0.5) is 5.69 Å². The van der Waals surface area contributed by atoms with Gasteiger partial charge in [0.2, 0.25) is 5.91 Å². The van der Waals surface area contributed by atoms with E-state index in [2.05, 4.69) is 10.6 Å². The van der Waals surface area contributed by atoms with Gasteiger partial charge in [0.1, 0.15) is 0 Å². The molecule has 0 saturated carbocycles. The number of nitrogens with one attached hydrogen (secondary N) is 2. The predicted molar refractivity (Wildman–Crippen MR) is 79.5 cm³/mol. The predicted octanol–water partition coefficient (Wildman–Crippen LogP) is 0.664. The molecule has 1 heterocycles. The Bertz CT molecular complexity index is 676. The molecule has 2 rings (SSSR count). The highest BCUT2D eigenvalue weighted by atomic mass is 32.2. The molecule has 1 saturated heterocycles. The second-order valence-electron chi connectivity index (χ2n) is 5.49. The lowest BCUT2D eigenvalue weighted by atomic mass is 10.0. The monoisotopic (exact) mass is 307 g/mol. The topological polar surface area (TPSA) is 99.1 Å². The molecule has 1 aromatic carbocycles. The minimum Gasteiger partial charge on any atom is -0.376 e.